The molecule has 0 fully saturated rings. The van der Waals surface area contributed by atoms with Crippen LogP contribution in [0.4, 0.5) is 0 Å². The summed E-state index contributed by atoms with van der Waals surface area (Å²) in [5.74, 6) is 0. The van der Waals surface area contributed by atoms with E-state index < -0.39 is 0 Å². The number of aldehydes is 1. The van der Waals surface area contributed by atoms with Crippen LogP contribution in [0.25, 0.3) is 0 Å². The lowest BCUT2D eigenvalue weighted by Crippen LogP contribution is -2.12. The van der Waals surface area contributed by atoms with Gasteiger partial charge in [0, 0.05) is 12.5 Å². The van der Waals surface area contributed by atoms with Crippen LogP contribution in [0.2, 0.25) is 0 Å². The van der Waals surface area contributed by atoms with Crippen molar-refractivity contribution in [1.82, 2.24) is 5.32 Å². The Bertz CT molecular complexity index is 283. The summed E-state index contributed by atoms with van der Waals surface area (Å²) in [6.45, 7) is 2.10. The fourth-order valence-electron chi connectivity index (χ4n) is 1.25. The van der Waals surface area contributed by atoms with Gasteiger partial charge in [-0.2, -0.15) is 0 Å². The summed E-state index contributed by atoms with van der Waals surface area (Å²) in [7, 11) is 1.93. The van der Waals surface area contributed by atoms with Crippen LogP contribution in [-0.4, -0.2) is 13.3 Å². The molecule has 1 N–H and O–H groups in total. The summed E-state index contributed by atoms with van der Waals surface area (Å²) in [6.07, 6.45) is 1.44. The molecule has 1 atom stereocenters. The average Bonchev–Trinajstić information content (AvgIpc) is 2.18. The van der Waals surface area contributed by atoms with Crippen molar-refractivity contribution in [3.63, 3.8) is 0 Å². The van der Waals surface area contributed by atoms with Crippen molar-refractivity contribution in [3.8, 4) is 0 Å². The smallest absolute Gasteiger partial charge is 0.124 e. The minimum atomic E-state index is 0.339. The van der Waals surface area contributed by atoms with Gasteiger partial charge in [0.15, 0.2) is 0 Å². The SMILES string of the molecule is CNC(C)c1cccc(CC=O)c1. The second-order valence-electron chi connectivity index (χ2n) is 3.13. The molecule has 0 amide bonds. The molecule has 2 nitrogen and oxygen atoms in total. The predicted molar refractivity (Wildman–Crippen MR) is 53.7 cm³/mol. The molecular formula is C11H15NO. The summed E-state index contributed by atoms with van der Waals surface area (Å²) in [5.41, 5.74) is 2.30. The first kappa shape index (κ1) is 9.93. The second-order valence-corrected chi connectivity index (χ2v) is 3.13. The van der Waals surface area contributed by atoms with E-state index in [0.717, 1.165) is 11.8 Å². The van der Waals surface area contributed by atoms with Crippen LogP contribution in [0.15, 0.2) is 24.3 Å². The molecule has 0 spiro atoms. The minimum Gasteiger partial charge on any atom is -0.313 e. The van der Waals surface area contributed by atoms with Crippen LogP contribution in [0.5, 0.6) is 0 Å². The van der Waals surface area contributed by atoms with Crippen molar-refractivity contribution in [2.45, 2.75) is 19.4 Å². The van der Waals surface area contributed by atoms with Crippen molar-refractivity contribution >= 4 is 6.29 Å². The molecule has 1 aromatic rings. The number of hydrogen-bond acceptors (Lipinski definition) is 2. The van der Waals surface area contributed by atoms with E-state index in [4.69, 9.17) is 0 Å². The van der Waals surface area contributed by atoms with E-state index >= 15 is 0 Å². The number of nitrogens with one attached hydrogen (secondary N) is 1. The number of rotatable bonds is 4. The lowest BCUT2D eigenvalue weighted by molar-refractivity contribution is -0.107. The Morgan fingerprint density at radius 2 is 2.31 bits per heavy atom. The molecule has 0 aromatic heterocycles. The van der Waals surface area contributed by atoms with Crippen LogP contribution >= 0.6 is 0 Å². The molecule has 70 valence electrons. The Hall–Kier alpha value is -1.15. The van der Waals surface area contributed by atoms with Crippen LogP contribution in [-0.2, 0) is 11.2 Å². The van der Waals surface area contributed by atoms with Gasteiger partial charge in [-0.25, -0.2) is 0 Å². The molecule has 0 heterocycles. The zero-order chi connectivity index (χ0) is 9.68. The third kappa shape index (κ3) is 2.67. The zero-order valence-electron chi connectivity index (χ0n) is 8.08. The zero-order valence-corrected chi connectivity index (χ0v) is 8.08. The molecule has 0 saturated carbocycles. The van der Waals surface area contributed by atoms with Crippen molar-refractivity contribution in [3.05, 3.63) is 35.4 Å². The maximum absolute atomic E-state index is 10.3. The number of carbonyl (C=O) groups excluding carboxylic acids is 1. The lowest BCUT2D eigenvalue weighted by atomic mass is 10.0. The normalized spacial score (nSPS) is 12.5. The molecule has 1 unspecified atom stereocenters. The van der Waals surface area contributed by atoms with Crippen LogP contribution in [0, 0.1) is 0 Å². The maximum Gasteiger partial charge on any atom is 0.124 e. The Balaban J connectivity index is 2.84. The van der Waals surface area contributed by atoms with Gasteiger partial charge in [-0.05, 0) is 25.1 Å². The van der Waals surface area contributed by atoms with Crippen LogP contribution in [0.3, 0.4) is 0 Å². The molecule has 1 aromatic carbocycles. The third-order valence-corrected chi connectivity index (χ3v) is 2.20. The highest BCUT2D eigenvalue weighted by Crippen LogP contribution is 2.13. The summed E-state index contributed by atoms with van der Waals surface area (Å²) in [4.78, 5) is 10.3. The van der Waals surface area contributed by atoms with E-state index in [1.54, 1.807) is 0 Å². The molecule has 0 bridgehead atoms. The van der Waals surface area contributed by atoms with Gasteiger partial charge in [-0.1, -0.05) is 24.3 Å². The molecule has 0 radical (unpaired) electrons. The van der Waals surface area contributed by atoms with Gasteiger partial charge < -0.3 is 10.1 Å². The lowest BCUT2D eigenvalue weighted by Gasteiger charge is -2.10. The Labute approximate surface area is 79.0 Å². The predicted octanol–water partition coefficient (Wildman–Crippen LogP) is 1.71. The fourth-order valence-corrected chi connectivity index (χ4v) is 1.25. The third-order valence-electron chi connectivity index (χ3n) is 2.20. The van der Waals surface area contributed by atoms with E-state index in [0.29, 0.717) is 12.5 Å². The summed E-state index contributed by atoms with van der Waals surface area (Å²) in [5, 5.41) is 3.16. The first-order valence-electron chi connectivity index (χ1n) is 4.47. The van der Waals surface area contributed by atoms with Crippen LogP contribution in [0.1, 0.15) is 24.1 Å². The van der Waals surface area contributed by atoms with E-state index in [1.165, 1.54) is 5.56 Å². The molecule has 2 heteroatoms. The van der Waals surface area contributed by atoms with Gasteiger partial charge in [-0.3, -0.25) is 0 Å². The number of carbonyl (C=O) groups is 1. The molecule has 0 saturated heterocycles. The summed E-state index contributed by atoms with van der Waals surface area (Å²) >= 11 is 0. The van der Waals surface area contributed by atoms with Crippen molar-refractivity contribution in [1.29, 1.82) is 0 Å². The molecule has 13 heavy (non-hydrogen) atoms. The summed E-state index contributed by atoms with van der Waals surface area (Å²) in [6, 6.07) is 8.43. The molecule has 1 rings (SSSR count). The number of hydrogen-bond donors (Lipinski definition) is 1. The largest absolute Gasteiger partial charge is 0.313 e. The molecule has 0 aliphatic heterocycles. The van der Waals surface area contributed by atoms with Gasteiger partial charge >= 0.3 is 0 Å². The maximum atomic E-state index is 10.3. The van der Waals surface area contributed by atoms with Crippen molar-refractivity contribution < 1.29 is 4.79 Å². The first-order valence-corrected chi connectivity index (χ1v) is 4.47. The van der Waals surface area contributed by atoms with Gasteiger partial charge in [0.1, 0.15) is 6.29 Å². The Kier molecular flexibility index (Phi) is 3.65. The fraction of sp³-hybridized carbons (Fsp3) is 0.364. The van der Waals surface area contributed by atoms with Gasteiger partial charge in [0.25, 0.3) is 0 Å². The van der Waals surface area contributed by atoms with Gasteiger partial charge in [-0.15, -0.1) is 0 Å². The highest BCUT2D eigenvalue weighted by Gasteiger charge is 2.01. The Morgan fingerprint density at radius 3 is 2.92 bits per heavy atom. The molecule has 0 aliphatic rings. The van der Waals surface area contributed by atoms with Crippen molar-refractivity contribution in [2.24, 2.45) is 0 Å². The monoisotopic (exact) mass is 177 g/mol. The quantitative estimate of drug-likeness (QED) is 0.709. The van der Waals surface area contributed by atoms with E-state index in [9.17, 15) is 4.79 Å². The molecular weight excluding hydrogens is 162 g/mol. The van der Waals surface area contributed by atoms with E-state index in [-0.39, 0.29) is 0 Å². The van der Waals surface area contributed by atoms with Gasteiger partial charge in [0.2, 0.25) is 0 Å². The highest BCUT2D eigenvalue weighted by atomic mass is 16.1. The Morgan fingerprint density at radius 1 is 1.54 bits per heavy atom. The highest BCUT2D eigenvalue weighted by molar-refractivity contribution is 5.55. The second kappa shape index (κ2) is 4.77. The topological polar surface area (TPSA) is 29.1 Å². The average molecular weight is 177 g/mol. The standard InChI is InChI=1S/C11H15NO/c1-9(12-2)11-5-3-4-10(8-11)6-7-13/h3-5,7-9,12H,6H2,1-2H3. The van der Waals surface area contributed by atoms with Crippen molar-refractivity contribution in [2.75, 3.05) is 7.05 Å². The van der Waals surface area contributed by atoms with E-state index in [2.05, 4.69) is 24.4 Å². The number of benzene rings is 1. The first-order chi connectivity index (χ1) is 6.27. The van der Waals surface area contributed by atoms with Gasteiger partial charge in [0.05, 0.1) is 0 Å². The molecule has 0 aliphatic carbocycles. The van der Waals surface area contributed by atoms with E-state index in [1.807, 2.05) is 19.2 Å². The minimum absolute atomic E-state index is 0.339. The summed E-state index contributed by atoms with van der Waals surface area (Å²) < 4.78 is 0. The van der Waals surface area contributed by atoms with Crippen LogP contribution < -0.4 is 5.32 Å².